The molecule has 1 aliphatic carbocycles. The molecule has 0 radical (unpaired) electrons. The van der Waals surface area contributed by atoms with Crippen LogP contribution >= 0.6 is 11.6 Å². The Morgan fingerprint density at radius 3 is 2.38 bits per heavy atom. The lowest BCUT2D eigenvalue weighted by molar-refractivity contribution is 0.282. The number of nitrogens with zero attached hydrogens (tertiary/aromatic N) is 3. The lowest BCUT2D eigenvalue weighted by Crippen LogP contribution is -2.41. The Bertz CT molecular complexity index is 1220. The predicted octanol–water partition coefficient (Wildman–Crippen LogP) is 5.16. The van der Waals surface area contributed by atoms with Gasteiger partial charge in [-0.05, 0) is 81.0 Å². The van der Waals surface area contributed by atoms with E-state index in [1.807, 2.05) is 14.0 Å². The Morgan fingerprint density at radius 1 is 1.12 bits per heavy atom. The van der Waals surface area contributed by atoms with Gasteiger partial charge >= 0.3 is 0 Å². The van der Waals surface area contributed by atoms with Gasteiger partial charge in [0.15, 0.2) is 15.7 Å². The molecule has 0 atom stereocenters. The maximum atomic E-state index is 14.9. The minimum absolute atomic E-state index is 0.0472. The molecule has 2 aromatic carbocycles. The number of rotatable bonds is 5. The number of sulfone groups is 1. The summed E-state index contributed by atoms with van der Waals surface area (Å²) in [6.07, 6.45) is 2.02. The third kappa shape index (κ3) is 4.06. The maximum absolute atomic E-state index is 14.9. The number of aryl methyl sites for hydroxylation is 2. The van der Waals surface area contributed by atoms with E-state index in [2.05, 4.69) is 10.1 Å². The molecular formula is C23H24ClF2N3O2S. The van der Waals surface area contributed by atoms with E-state index in [0.29, 0.717) is 30.1 Å². The van der Waals surface area contributed by atoms with E-state index in [0.717, 1.165) is 24.0 Å². The highest BCUT2D eigenvalue weighted by Crippen LogP contribution is 2.49. The van der Waals surface area contributed by atoms with Crippen LogP contribution in [0.1, 0.15) is 42.9 Å². The number of aromatic nitrogens is 3. The molecule has 9 heteroatoms. The molecule has 0 unspecified atom stereocenters. The van der Waals surface area contributed by atoms with Gasteiger partial charge in [-0.25, -0.2) is 22.2 Å². The SMILES string of the molecule is Cc1nc(C[C@H]2CC[C@@](c3cc(F)ccc3F)(S(=O)(=O)c3ccc(Cl)cc3)CC2)nn1C. The molecule has 0 spiro atoms. The Morgan fingerprint density at radius 2 is 1.78 bits per heavy atom. The molecule has 1 heterocycles. The molecule has 0 saturated heterocycles. The second-order valence-corrected chi connectivity index (χ2v) is 11.1. The molecule has 3 aromatic rings. The summed E-state index contributed by atoms with van der Waals surface area (Å²) in [6, 6.07) is 8.84. The molecule has 32 heavy (non-hydrogen) atoms. The monoisotopic (exact) mass is 479 g/mol. The summed E-state index contributed by atoms with van der Waals surface area (Å²) < 4.78 is 56.9. The van der Waals surface area contributed by atoms with Gasteiger partial charge in [0.25, 0.3) is 0 Å². The lowest BCUT2D eigenvalue weighted by atomic mass is 9.76. The highest BCUT2D eigenvalue weighted by atomic mass is 35.5. The summed E-state index contributed by atoms with van der Waals surface area (Å²) in [5.41, 5.74) is -0.113. The molecule has 0 aliphatic heterocycles. The molecule has 4 rings (SSSR count). The largest absolute Gasteiger partial charge is 0.253 e. The highest BCUT2D eigenvalue weighted by molar-refractivity contribution is 7.92. The van der Waals surface area contributed by atoms with Crippen LogP contribution in [-0.2, 0) is 28.1 Å². The molecule has 1 saturated carbocycles. The fourth-order valence-corrected chi connectivity index (χ4v) is 6.88. The summed E-state index contributed by atoms with van der Waals surface area (Å²) in [6.45, 7) is 1.87. The number of hydrogen-bond donors (Lipinski definition) is 0. The first-order valence-electron chi connectivity index (χ1n) is 10.4. The zero-order chi connectivity index (χ0) is 23.1. The Hall–Kier alpha value is -2.32. The zero-order valence-corrected chi connectivity index (χ0v) is 19.4. The van der Waals surface area contributed by atoms with E-state index >= 15 is 0 Å². The van der Waals surface area contributed by atoms with Crippen molar-refractivity contribution < 1.29 is 17.2 Å². The van der Waals surface area contributed by atoms with Crippen LogP contribution in [0.15, 0.2) is 47.4 Å². The van der Waals surface area contributed by atoms with Crippen molar-refractivity contribution in [1.82, 2.24) is 14.8 Å². The van der Waals surface area contributed by atoms with Crippen molar-refractivity contribution in [2.75, 3.05) is 0 Å². The minimum atomic E-state index is -4.03. The van der Waals surface area contributed by atoms with Crippen molar-refractivity contribution in [3.05, 3.63) is 76.3 Å². The molecule has 0 bridgehead atoms. The van der Waals surface area contributed by atoms with Crippen molar-refractivity contribution in [1.29, 1.82) is 0 Å². The topological polar surface area (TPSA) is 64.8 Å². The van der Waals surface area contributed by atoms with Gasteiger partial charge in [0.05, 0.1) is 4.90 Å². The molecule has 5 nitrogen and oxygen atoms in total. The first kappa shape index (κ1) is 22.9. The van der Waals surface area contributed by atoms with Gasteiger partial charge in [-0.15, -0.1) is 0 Å². The summed E-state index contributed by atoms with van der Waals surface area (Å²) >= 11 is 5.94. The lowest BCUT2D eigenvalue weighted by Gasteiger charge is -2.40. The number of halogens is 3. The van der Waals surface area contributed by atoms with Crippen molar-refractivity contribution in [3.8, 4) is 0 Å². The van der Waals surface area contributed by atoms with Crippen LogP contribution in [0.4, 0.5) is 8.78 Å². The van der Waals surface area contributed by atoms with Gasteiger partial charge in [0.2, 0.25) is 0 Å². The average Bonchev–Trinajstić information content (AvgIpc) is 3.07. The van der Waals surface area contributed by atoms with Crippen LogP contribution in [0.5, 0.6) is 0 Å². The van der Waals surface area contributed by atoms with E-state index in [4.69, 9.17) is 11.6 Å². The van der Waals surface area contributed by atoms with E-state index in [1.165, 1.54) is 24.3 Å². The highest BCUT2D eigenvalue weighted by Gasteiger charge is 2.50. The summed E-state index contributed by atoms with van der Waals surface area (Å²) in [4.78, 5) is 4.49. The third-order valence-electron chi connectivity index (χ3n) is 6.47. The third-order valence-corrected chi connectivity index (χ3v) is 9.27. The quantitative estimate of drug-likeness (QED) is 0.507. The summed E-state index contributed by atoms with van der Waals surface area (Å²) in [7, 11) is -2.21. The summed E-state index contributed by atoms with van der Waals surface area (Å²) in [5.74, 6) is 0.283. The van der Waals surface area contributed by atoms with E-state index in [-0.39, 0.29) is 29.2 Å². The van der Waals surface area contributed by atoms with Crippen molar-refractivity contribution in [2.24, 2.45) is 13.0 Å². The normalized spacial score (nSPS) is 21.6. The predicted molar refractivity (Wildman–Crippen MR) is 118 cm³/mol. The molecule has 0 N–H and O–H groups in total. The van der Waals surface area contributed by atoms with Gasteiger partial charge in [0, 0.05) is 24.1 Å². The molecule has 1 aromatic heterocycles. The van der Waals surface area contributed by atoms with Gasteiger partial charge in [-0.1, -0.05) is 11.6 Å². The zero-order valence-electron chi connectivity index (χ0n) is 17.9. The van der Waals surface area contributed by atoms with Crippen LogP contribution in [-0.4, -0.2) is 23.2 Å². The Kier molecular flexibility index (Phi) is 6.11. The van der Waals surface area contributed by atoms with Crippen molar-refractivity contribution in [3.63, 3.8) is 0 Å². The fraction of sp³-hybridized carbons (Fsp3) is 0.391. The standard InChI is InChI=1S/C23H24ClF2N3O2S/c1-15-27-22(28-29(15)2)13-16-9-11-23(12-10-16,20-14-18(25)5-8-21(20)26)32(30,31)19-6-3-17(24)4-7-19/h3-8,14,16H,9-13H2,1-2H3/t16-,23+. The van der Waals surface area contributed by atoms with Gasteiger partial charge < -0.3 is 0 Å². The molecule has 170 valence electrons. The average molecular weight is 480 g/mol. The minimum Gasteiger partial charge on any atom is -0.253 e. The molecular weight excluding hydrogens is 456 g/mol. The van der Waals surface area contributed by atoms with E-state index < -0.39 is 26.2 Å². The second kappa shape index (κ2) is 8.56. The van der Waals surface area contributed by atoms with E-state index in [1.54, 1.807) is 4.68 Å². The smallest absolute Gasteiger partial charge is 0.188 e. The van der Waals surface area contributed by atoms with Gasteiger partial charge in [0.1, 0.15) is 22.2 Å². The van der Waals surface area contributed by atoms with Gasteiger partial charge in [-0.3, -0.25) is 4.68 Å². The molecule has 0 amide bonds. The Balaban J connectivity index is 1.71. The molecule has 1 aliphatic rings. The fourth-order valence-electron chi connectivity index (χ4n) is 4.59. The van der Waals surface area contributed by atoms with Crippen molar-refractivity contribution in [2.45, 2.75) is 48.7 Å². The second-order valence-electron chi connectivity index (χ2n) is 8.42. The van der Waals surface area contributed by atoms with Crippen LogP contribution < -0.4 is 0 Å². The number of hydrogen-bond acceptors (Lipinski definition) is 4. The first-order chi connectivity index (χ1) is 15.1. The van der Waals surface area contributed by atoms with Crippen LogP contribution in [0.3, 0.4) is 0 Å². The Labute approximate surface area is 191 Å². The van der Waals surface area contributed by atoms with Crippen LogP contribution in [0.25, 0.3) is 0 Å². The maximum Gasteiger partial charge on any atom is 0.188 e. The van der Waals surface area contributed by atoms with Crippen molar-refractivity contribution >= 4 is 21.4 Å². The van der Waals surface area contributed by atoms with Crippen LogP contribution in [0, 0.1) is 24.5 Å². The number of benzene rings is 2. The van der Waals surface area contributed by atoms with Crippen LogP contribution in [0.2, 0.25) is 5.02 Å². The first-order valence-corrected chi connectivity index (χ1v) is 12.3. The molecule has 1 fully saturated rings. The van der Waals surface area contributed by atoms with E-state index in [9.17, 15) is 17.2 Å². The summed E-state index contributed by atoms with van der Waals surface area (Å²) in [5, 5.41) is 4.79. The van der Waals surface area contributed by atoms with Gasteiger partial charge in [-0.2, -0.15) is 5.10 Å².